The molecule has 0 unspecified atom stereocenters. The number of para-hydroxylation sites is 2. The number of amides is 1. The molecule has 0 saturated carbocycles. The zero-order valence-corrected chi connectivity index (χ0v) is 19.3. The van der Waals surface area contributed by atoms with Crippen LogP contribution in [0.5, 0.6) is 0 Å². The summed E-state index contributed by atoms with van der Waals surface area (Å²) in [5.74, 6) is -0.218. The number of sulfone groups is 1. The van der Waals surface area contributed by atoms with Crippen molar-refractivity contribution < 1.29 is 13.2 Å². The van der Waals surface area contributed by atoms with E-state index in [0.717, 1.165) is 5.56 Å². The van der Waals surface area contributed by atoms with E-state index in [1.54, 1.807) is 10.6 Å². The molecule has 0 aliphatic rings. The number of anilines is 2. The van der Waals surface area contributed by atoms with Gasteiger partial charge in [0, 0.05) is 18.3 Å². The minimum Gasteiger partial charge on any atom is -0.384 e. The zero-order chi connectivity index (χ0) is 24.0. The Hall–Kier alpha value is -4.24. The topological polar surface area (TPSA) is 120 Å². The fraction of sp³-hybridized carbons (Fsp3) is 0.0800. The standard InChI is InChI=1S/C25H21N5O3S/c1-15-6-5-7-18(14-15)30-24(26)23(22-25(30)29-21-9-4-3-8-20(21)28-22)34(32,33)19-12-10-17(11-13-19)27-16(2)31/h3-14H,26H2,1-2H3,(H,27,31). The number of fused-ring (bicyclic) bond motifs is 2. The number of benzene rings is 3. The second kappa shape index (κ2) is 7.96. The maximum atomic E-state index is 13.8. The molecule has 9 heteroatoms. The molecule has 0 saturated heterocycles. The fourth-order valence-electron chi connectivity index (χ4n) is 3.97. The van der Waals surface area contributed by atoms with Crippen molar-refractivity contribution in [2.24, 2.45) is 0 Å². The normalized spacial score (nSPS) is 11.7. The van der Waals surface area contributed by atoms with Gasteiger partial charge in [-0.15, -0.1) is 0 Å². The van der Waals surface area contributed by atoms with Gasteiger partial charge in [0.1, 0.15) is 16.2 Å². The van der Waals surface area contributed by atoms with E-state index >= 15 is 0 Å². The van der Waals surface area contributed by atoms with Crippen molar-refractivity contribution in [2.45, 2.75) is 23.6 Å². The lowest BCUT2D eigenvalue weighted by Gasteiger charge is -2.09. The number of carbonyl (C=O) groups excluding carboxylic acids is 1. The summed E-state index contributed by atoms with van der Waals surface area (Å²) in [6, 6.07) is 20.8. The Labute approximate surface area is 196 Å². The van der Waals surface area contributed by atoms with Crippen molar-refractivity contribution in [3.8, 4) is 5.69 Å². The number of nitrogens with two attached hydrogens (primary N) is 1. The first-order valence-corrected chi connectivity index (χ1v) is 12.0. The highest BCUT2D eigenvalue weighted by Gasteiger charge is 2.30. The second-order valence-corrected chi connectivity index (χ2v) is 9.87. The van der Waals surface area contributed by atoms with Gasteiger partial charge in [-0.25, -0.2) is 18.4 Å². The van der Waals surface area contributed by atoms with E-state index < -0.39 is 9.84 Å². The smallest absolute Gasteiger partial charge is 0.221 e. The van der Waals surface area contributed by atoms with E-state index in [9.17, 15) is 13.2 Å². The van der Waals surface area contributed by atoms with Crippen LogP contribution in [0.1, 0.15) is 12.5 Å². The van der Waals surface area contributed by atoms with Gasteiger partial charge in [0.15, 0.2) is 5.65 Å². The average Bonchev–Trinajstić information content (AvgIpc) is 3.08. The van der Waals surface area contributed by atoms with Crippen LogP contribution in [0, 0.1) is 6.92 Å². The first kappa shape index (κ1) is 21.6. The van der Waals surface area contributed by atoms with Crippen molar-refractivity contribution >= 4 is 49.4 Å². The summed E-state index contributed by atoms with van der Waals surface area (Å²) >= 11 is 0. The summed E-state index contributed by atoms with van der Waals surface area (Å²) in [6.07, 6.45) is 0. The maximum Gasteiger partial charge on any atom is 0.221 e. The summed E-state index contributed by atoms with van der Waals surface area (Å²) in [5, 5.41) is 2.63. The van der Waals surface area contributed by atoms with Gasteiger partial charge in [0.25, 0.3) is 0 Å². The molecule has 170 valence electrons. The molecule has 0 atom stereocenters. The van der Waals surface area contributed by atoms with Crippen LogP contribution in [0.3, 0.4) is 0 Å². The Morgan fingerprint density at radius 1 is 0.941 bits per heavy atom. The van der Waals surface area contributed by atoms with Crippen molar-refractivity contribution in [3.05, 3.63) is 78.4 Å². The number of nitrogen functional groups attached to an aromatic ring is 1. The van der Waals surface area contributed by atoms with Gasteiger partial charge in [0.05, 0.1) is 15.9 Å². The summed E-state index contributed by atoms with van der Waals surface area (Å²) in [7, 11) is -4.07. The summed E-state index contributed by atoms with van der Waals surface area (Å²) < 4.78 is 29.2. The Balaban J connectivity index is 1.80. The second-order valence-electron chi connectivity index (χ2n) is 7.98. The van der Waals surface area contributed by atoms with E-state index in [0.29, 0.717) is 28.1 Å². The number of aryl methyl sites for hydroxylation is 1. The third-order valence-corrected chi connectivity index (χ3v) is 7.30. The van der Waals surface area contributed by atoms with Crippen LogP contribution in [-0.4, -0.2) is 28.9 Å². The summed E-state index contributed by atoms with van der Waals surface area (Å²) in [6.45, 7) is 3.33. The number of nitrogens with zero attached hydrogens (tertiary/aromatic N) is 3. The summed E-state index contributed by atoms with van der Waals surface area (Å²) in [5.41, 5.74) is 10.4. The number of hydrogen-bond donors (Lipinski definition) is 2. The van der Waals surface area contributed by atoms with Gasteiger partial charge in [-0.3, -0.25) is 9.36 Å². The van der Waals surface area contributed by atoms with Gasteiger partial charge in [-0.2, -0.15) is 0 Å². The molecule has 0 aliphatic heterocycles. The molecule has 1 amide bonds. The maximum absolute atomic E-state index is 13.8. The van der Waals surface area contributed by atoms with E-state index in [1.807, 2.05) is 49.4 Å². The van der Waals surface area contributed by atoms with Crippen molar-refractivity contribution in [1.29, 1.82) is 0 Å². The molecule has 8 nitrogen and oxygen atoms in total. The molecule has 3 N–H and O–H groups in total. The molecule has 0 spiro atoms. The van der Waals surface area contributed by atoms with Crippen LogP contribution in [0.15, 0.2) is 82.6 Å². The number of carbonyl (C=O) groups is 1. The monoisotopic (exact) mass is 471 g/mol. The van der Waals surface area contributed by atoms with Crippen LogP contribution >= 0.6 is 0 Å². The van der Waals surface area contributed by atoms with Crippen molar-refractivity contribution in [2.75, 3.05) is 11.1 Å². The largest absolute Gasteiger partial charge is 0.384 e. The highest BCUT2D eigenvalue weighted by atomic mass is 32.2. The molecule has 2 aromatic heterocycles. The highest BCUT2D eigenvalue weighted by Crippen LogP contribution is 2.37. The lowest BCUT2D eigenvalue weighted by atomic mass is 10.2. The van der Waals surface area contributed by atoms with Crippen molar-refractivity contribution in [1.82, 2.24) is 14.5 Å². The van der Waals surface area contributed by atoms with E-state index in [2.05, 4.69) is 10.3 Å². The predicted octanol–water partition coefficient (Wildman–Crippen LogP) is 4.26. The average molecular weight is 472 g/mol. The minimum absolute atomic E-state index is 0.0295. The summed E-state index contributed by atoms with van der Waals surface area (Å²) in [4.78, 5) is 20.6. The number of aromatic nitrogens is 3. The number of rotatable bonds is 4. The quantitative estimate of drug-likeness (QED) is 0.404. The van der Waals surface area contributed by atoms with Gasteiger partial charge < -0.3 is 11.1 Å². The molecule has 0 bridgehead atoms. The first-order valence-electron chi connectivity index (χ1n) is 10.5. The molecule has 2 heterocycles. The molecule has 0 radical (unpaired) electrons. The Morgan fingerprint density at radius 3 is 2.26 bits per heavy atom. The number of nitrogens with one attached hydrogen (secondary N) is 1. The van der Waals surface area contributed by atoms with E-state index in [4.69, 9.17) is 10.7 Å². The first-order chi connectivity index (χ1) is 16.3. The molecule has 3 aromatic carbocycles. The van der Waals surface area contributed by atoms with Gasteiger partial charge in [-0.1, -0.05) is 24.3 Å². The third kappa shape index (κ3) is 3.56. The molecule has 5 aromatic rings. The number of hydrogen-bond acceptors (Lipinski definition) is 6. The lowest BCUT2D eigenvalue weighted by Crippen LogP contribution is -2.08. The van der Waals surface area contributed by atoms with Gasteiger partial charge in [-0.05, 0) is 61.0 Å². The third-order valence-electron chi connectivity index (χ3n) is 5.47. The Kier molecular flexibility index (Phi) is 5.06. The molecule has 5 rings (SSSR count). The molecule has 0 aliphatic carbocycles. The van der Waals surface area contributed by atoms with Gasteiger partial charge in [0.2, 0.25) is 15.7 Å². The molecular weight excluding hydrogens is 450 g/mol. The lowest BCUT2D eigenvalue weighted by molar-refractivity contribution is -0.114. The van der Waals surface area contributed by atoms with E-state index in [-0.39, 0.29) is 27.0 Å². The van der Waals surface area contributed by atoms with Crippen molar-refractivity contribution in [3.63, 3.8) is 0 Å². The zero-order valence-electron chi connectivity index (χ0n) is 18.5. The van der Waals surface area contributed by atoms with Crippen LogP contribution < -0.4 is 11.1 Å². The predicted molar refractivity (Wildman–Crippen MR) is 132 cm³/mol. The Morgan fingerprint density at radius 2 is 1.62 bits per heavy atom. The van der Waals surface area contributed by atoms with E-state index in [1.165, 1.54) is 31.2 Å². The van der Waals surface area contributed by atoms with Crippen LogP contribution in [-0.2, 0) is 14.6 Å². The van der Waals surface area contributed by atoms with Gasteiger partial charge >= 0.3 is 0 Å². The van der Waals surface area contributed by atoms with Crippen LogP contribution in [0.2, 0.25) is 0 Å². The van der Waals surface area contributed by atoms with Crippen LogP contribution in [0.25, 0.3) is 27.9 Å². The minimum atomic E-state index is -4.07. The van der Waals surface area contributed by atoms with Crippen LogP contribution in [0.4, 0.5) is 11.5 Å². The fourth-order valence-corrected chi connectivity index (χ4v) is 5.46. The SMILES string of the molecule is CC(=O)Nc1ccc(S(=O)(=O)c2c(N)n(-c3cccc(C)c3)c3nc4ccccc4nc23)cc1. The Bertz CT molecular complexity index is 1690. The molecular formula is C25H21N5O3S. The molecule has 34 heavy (non-hydrogen) atoms. The molecule has 0 fully saturated rings. The highest BCUT2D eigenvalue weighted by molar-refractivity contribution is 7.92.